The Morgan fingerprint density at radius 3 is 2.92 bits per heavy atom. The number of likely N-dealkylation sites (tertiary alicyclic amines) is 1. The fraction of sp³-hybridized carbons (Fsp3) is 0.444. The van der Waals surface area contributed by atoms with Gasteiger partial charge in [-0.05, 0) is 37.0 Å². The molecule has 1 aliphatic heterocycles. The lowest BCUT2D eigenvalue weighted by Crippen LogP contribution is -2.40. The Bertz CT molecular complexity index is 640. The van der Waals surface area contributed by atoms with Gasteiger partial charge in [0.15, 0.2) is 0 Å². The number of nitrogens with one attached hydrogen (secondary N) is 1. The quantitative estimate of drug-likeness (QED) is 0.830. The second-order valence-corrected chi connectivity index (χ2v) is 6.01. The van der Waals surface area contributed by atoms with Gasteiger partial charge < -0.3 is 19.5 Å². The van der Waals surface area contributed by atoms with E-state index in [0.29, 0.717) is 6.54 Å². The van der Waals surface area contributed by atoms with Crippen LogP contribution in [0.2, 0.25) is 0 Å². The third kappa shape index (κ3) is 3.88. The lowest BCUT2D eigenvalue weighted by atomic mass is 10.0. The van der Waals surface area contributed by atoms with Gasteiger partial charge in [0, 0.05) is 32.0 Å². The van der Waals surface area contributed by atoms with Crippen molar-refractivity contribution >= 4 is 6.03 Å². The Balaban J connectivity index is 1.51. The molecule has 1 fully saturated rings. The predicted molar refractivity (Wildman–Crippen MR) is 91.9 cm³/mol. The highest BCUT2D eigenvalue weighted by atomic mass is 16.5. The van der Waals surface area contributed by atoms with Crippen LogP contribution in [0.25, 0.3) is 0 Å². The summed E-state index contributed by atoms with van der Waals surface area (Å²) in [5.74, 6) is 0.840. The van der Waals surface area contributed by atoms with Crippen LogP contribution < -0.4 is 10.1 Å². The van der Waals surface area contributed by atoms with Gasteiger partial charge in [0.1, 0.15) is 5.75 Å². The van der Waals surface area contributed by atoms with E-state index >= 15 is 0 Å². The number of ether oxygens (including phenoxy) is 1. The molecule has 0 spiro atoms. The monoisotopic (exact) mass is 328 g/mol. The van der Waals surface area contributed by atoms with Gasteiger partial charge in [-0.25, -0.2) is 9.78 Å². The first-order chi connectivity index (χ1) is 11.8. The minimum absolute atomic E-state index is 0.0268. The molecule has 2 amide bonds. The highest BCUT2D eigenvalue weighted by Crippen LogP contribution is 2.32. The smallest absolute Gasteiger partial charge is 0.317 e. The zero-order valence-electron chi connectivity index (χ0n) is 14.0. The third-order valence-corrected chi connectivity index (χ3v) is 4.44. The molecule has 6 nitrogen and oxygen atoms in total. The lowest BCUT2D eigenvalue weighted by Gasteiger charge is -2.25. The summed E-state index contributed by atoms with van der Waals surface area (Å²) < 4.78 is 7.22. The molecule has 6 heteroatoms. The van der Waals surface area contributed by atoms with Crippen molar-refractivity contribution in [2.75, 3.05) is 20.2 Å². The van der Waals surface area contributed by atoms with Crippen LogP contribution in [0.4, 0.5) is 4.79 Å². The summed E-state index contributed by atoms with van der Waals surface area (Å²) in [5, 5.41) is 3.04. The highest BCUT2D eigenvalue weighted by molar-refractivity contribution is 5.75. The number of methoxy groups -OCH3 is 1. The molecule has 1 saturated heterocycles. The largest absolute Gasteiger partial charge is 0.497 e. The van der Waals surface area contributed by atoms with Crippen LogP contribution in [-0.2, 0) is 6.54 Å². The van der Waals surface area contributed by atoms with Crippen molar-refractivity contribution < 1.29 is 9.53 Å². The Kier molecular flexibility index (Phi) is 5.36. The second-order valence-electron chi connectivity index (χ2n) is 6.01. The second kappa shape index (κ2) is 7.86. The van der Waals surface area contributed by atoms with Gasteiger partial charge >= 0.3 is 6.03 Å². The summed E-state index contributed by atoms with van der Waals surface area (Å²) in [5.41, 5.74) is 1.17. The average Bonchev–Trinajstić information content (AvgIpc) is 3.30. The topological polar surface area (TPSA) is 59.4 Å². The van der Waals surface area contributed by atoms with Crippen LogP contribution >= 0.6 is 0 Å². The Morgan fingerprint density at radius 2 is 2.21 bits per heavy atom. The van der Waals surface area contributed by atoms with E-state index in [4.69, 9.17) is 4.74 Å². The molecular weight excluding hydrogens is 304 g/mol. The number of hydrogen-bond donors (Lipinski definition) is 1. The van der Waals surface area contributed by atoms with Crippen molar-refractivity contribution in [1.29, 1.82) is 0 Å². The fourth-order valence-electron chi connectivity index (χ4n) is 3.16. The zero-order chi connectivity index (χ0) is 16.8. The molecule has 24 heavy (non-hydrogen) atoms. The van der Waals surface area contributed by atoms with Crippen LogP contribution in [0.3, 0.4) is 0 Å². The zero-order valence-corrected chi connectivity index (χ0v) is 14.0. The van der Waals surface area contributed by atoms with E-state index in [-0.39, 0.29) is 12.1 Å². The number of hydrogen-bond acceptors (Lipinski definition) is 3. The molecule has 3 rings (SSSR count). The van der Waals surface area contributed by atoms with Gasteiger partial charge in [-0.1, -0.05) is 12.1 Å². The summed E-state index contributed by atoms with van der Waals surface area (Å²) in [6.07, 6.45) is 8.43. The van der Waals surface area contributed by atoms with Gasteiger partial charge in [0.05, 0.1) is 19.5 Å². The highest BCUT2D eigenvalue weighted by Gasteiger charge is 2.29. The van der Waals surface area contributed by atoms with Crippen molar-refractivity contribution in [2.45, 2.75) is 31.8 Å². The predicted octanol–water partition coefficient (Wildman–Crippen LogP) is 2.83. The number of amides is 2. The fourth-order valence-corrected chi connectivity index (χ4v) is 3.16. The standard InChI is InChI=1S/C18H24N4O2/c1-24-16-7-5-15(6-8-16)17-4-2-12-22(17)18(23)20-9-3-11-21-13-10-19-14-21/h5-8,10,13-14,17H,2-4,9,11-12H2,1H3,(H,20,23)/t17-/m0/s1. The van der Waals surface area contributed by atoms with Crippen LogP contribution in [0, 0.1) is 0 Å². The van der Waals surface area contributed by atoms with Crippen molar-refractivity contribution in [3.63, 3.8) is 0 Å². The molecule has 2 aromatic rings. The molecule has 1 atom stereocenters. The summed E-state index contributed by atoms with van der Waals surface area (Å²) in [6.45, 7) is 2.34. The molecule has 2 heterocycles. The molecule has 1 aromatic carbocycles. The van der Waals surface area contributed by atoms with E-state index in [1.165, 1.54) is 5.56 Å². The minimum atomic E-state index is 0.0268. The maximum absolute atomic E-state index is 12.5. The van der Waals surface area contributed by atoms with Crippen molar-refractivity contribution in [3.05, 3.63) is 48.5 Å². The van der Waals surface area contributed by atoms with Crippen LogP contribution in [-0.4, -0.2) is 40.7 Å². The van der Waals surface area contributed by atoms with Crippen LogP contribution in [0.1, 0.15) is 30.9 Å². The third-order valence-electron chi connectivity index (χ3n) is 4.44. The van der Waals surface area contributed by atoms with Gasteiger partial charge in [0.25, 0.3) is 0 Å². The number of imidazole rings is 1. The van der Waals surface area contributed by atoms with Crippen molar-refractivity contribution in [3.8, 4) is 5.75 Å². The molecule has 0 bridgehead atoms. The first kappa shape index (κ1) is 16.4. The number of benzene rings is 1. The van der Waals surface area contributed by atoms with Crippen molar-refractivity contribution in [1.82, 2.24) is 19.8 Å². The number of aromatic nitrogens is 2. The van der Waals surface area contributed by atoms with Gasteiger partial charge in [-0.3, -0.25) is 0 Å². The number of carbonyl (C=O) groups excluding carboxylic acids is 1. The van der Waals surface area contributed by atoms with E-state index in [9.17, 15) is 4.79 Å². The number of nitrogens with zero attached hydrogens (tertiary/aromatic N) is 3. The van der Waals surface area contributed by atoms with Gasteiger partial charge in [-0.2, -0.15) is 0 Å². The number of urea groups is 1. The summed E-state index contributed by atoms with van der Waals surface area (Å²) >= 11 is 0. The molecule has 128 valence electrons. The van der Waals surface area contributed by atoms with Gasteiger partial charge in [-0.15, -0.1) is 0 Å². The van der Waals surface area contributed by atoms with E-state index in [0.717, 1.165) is 38.1 Å². The van der Waals surface area contributed by atoms with Gasteiger partial charge in [0.2, 0.25) is 0 Å². The molecule has 0 radical (unpaired) electrons. The Morgan fingerprint density at radius 1 is 1.38 bits per heavy atom. The van der Waals surface area contributed by atoms with Crippen molar-refractivity contribution in [2.24, 2.45) is 0 Å². The maximum atomic E-state index is 12.5. The number of carbonyl (C=O) groups is 1. The average molecular weight is 328 g/mol. The SMILES string of the molecule is COc1ccc([C@@H]2CCCN2C(=O)NCCCn2ccnc2)cc1. The number of rotatable bonds is 6. The molecule has 0 unspecified atom stereocenters. The molecule has 1 aromatic heterocycles. The molecule has 0 saturated carbocycles. The van der Waals surface area contributed by atoms with Crippen LogP contribution in [0.15, 0.2) is 43.0 Å². The Labute approximate surface area is 142 Å². The van der Waals surface area contributed by atoms with E-state index in [1.807, 2.05) is 39.9 Å². The van der Waals surface area contributed by atoms with E-state index < -0.39 is 0 Å². The normalized spacial score (nSPS) is 17.0. The molecular formula is C18H24N4O2. The maximum Gasteiger partial charge on any atom is 0.317 e. The van der Waals surface area contributed by atoms with E-state index in [2.05, 4.69) is 10.3 Å². The first-order valence-corrected chi connectivity index (χ1v) is 8.42. The molecule has 1 N–H and O–H groups in total. The summed E-state index contributed by atoms with van der Waals surface area (Å²) in [7, 11) is 1.66. The number of aryl methyl sites for hydroxylation is 1. The minimum Gasteiger partial charge on any atom is -0.497 e. The summed E-state index contributed by atoms with van der Waals surface area (Å²) in [4.78, 5) is 18.4. The molecule has 1 aliphatic rings. The lowest BCUT2D eigenvalue weighted by molar-refractivity contribution is 0.192. The Hall–Kier alpha value is -2.50. The summed E-state index contributed by atoms with van der Waals surface area (Å²) in [6, 6.07) is 8.19. The van der Waals surface area contributed by atoms with Crippen LogP contribution in [0.5, 0.6) is 5.75 Å². The first-order valence-electron chi connectivity index (χ1n) is 8.42. The van der Waals surface area contributed by atoms with E-state index in [1.54, 1.807) is 19.6 Å². The molecule has 0 aliphatic carbocycles.